The molecule has 1 heterocycles. The third-order valence-electron chi connectivity index (χ3n) is 3.07. The number of amides is 1. The number of hydrogen-bond acceptors (Lipinski definition) is 2. The first-order valence-corrected chi connectivity index (χ1v) is 7.55. The molecule has 0 radical (unpaired) electrons. The Labute approximate surface area is 115 Å². The van der Waals surface area contributed by atoms with E-state index in [1.54, 1.807) is 11.8 Å². The quantitative estimate of drug-likeness (QED) is 0.927. The second-order valence-corrected chi connectivity index (χ2v) is 7.01. The van der Waals surface area contributed by atoms with Crippen LogP contribution in [0.25, 0.3) is 0 Å². The molecule has 0 aromatic heterocycles. The smallest absolute Gasteiger partial charge is 0.236 e. The Kier molecular flexibility index (Phi) is 4.15. The average Bonchev–Trinajstić information content (AvgIpc) is 2.76. The highest BCUT2D eigenvalue weighted by Crippen LogP contribution is 2.37. The zero-order valence-corrected chi connectivity index (χ0v) is 12.2. The largest absolute Gasteiger partial charge is 0.351 e. The summed E-state index contributed by atoms with van der Waals surface area (Å²) >= 11 is 5.17. The Morgan fingerprint density at radius 2 is 2.18 bits per heavy atom. The van der Waals surface area contributed by atoms with Gasteiger partial charge in [0.05, 0.1) is 4.75 Å². The molecule has 1 aromatic rings. The lowest BCUT2D eigenvalue weighted by Gasteiger charge is -2.21. The van der Waals surface area contributed by atoms with E-state index in [0.717, 1.165) is 28.6 Å². The van der Waals surface area contributed by atoms with Crippen molar-refractivity contribution in [3.8, 4) is 0 Å². The minimum absolute atomic E-state index is 0.169. The number of carbonyl (C=O) groups excluding carboxylic acids is 1. The van der Waals surface area contributed by atoms with E-state index in [-0.39, 0.29) is 10.7 Å². The normalized spacial score (nSPS) is 23.6. The summed E-state index contributed by atoms with van der Waals surface area (Å²) in [5.74, 6) is 1.27. The van der Waals surface area contributed by atoms with Crippen molar-refractivity contribution < 1.29 is 4.79 Å². The topological polar surface area (TPSA) is 29.1 Å². The number of thioether (sulfide) groups is 1. The second-order valence-electron chi connectivity index (χ2n) is 4.49. The van der Waals surface area contributed by atoms with Gasteiger partial charge < -0.3 is 5.32 Å². The van der Waals surface area contributed by atoms with Crippen LogP contribution >= 0.6 is 27.7 Å². The Bertz CT molecular complexity index is 398. The van der Waals surface area contributed by atoms with Crippen LogP contribution in [0.3, 0.4) is 0 Å². The van der Waals surface area contributed by atoms with Crippen LogP contribution in [0, 0.1) is 0 Å². The fourth-order valence-corrected chi connectivity index (χ4v) is 3.43. The van der Waals surface area contributed by atoms with E-state index >= 15 is 0 Å². The number of halogens is 1. The molecule has 1 saturated heterocycles. The molecule has 1 aromatic carbocycles. The third-order valence-corrected chi connectivity index (χ3v) is 5.11. The fourth-order valence-electron chi connectivity index (χ4n) is 1.93. The van der Waals surface area contributed by atoms with Crippen LogP contribution < -0.4 is 5.32 Å². The minimum Gasteiger partial charge on any atom is -0.351 e. The first kappa shape index (κ1) is 13.0. The van der Waals surface area contributed by atoms with Crippen molar-refractivity contribution in [3.05, 3.63) is 34.3 Å². The van der Waals surface area contributed by atoms with Gasteiger partial charge in [0.15, 0.2) is 0 Å². The van der Waals surface area contributed by atoms with Crippen LogP contribution in [-0.2, 0) is 11.3 Å². The highest BCUT2D eigenvalue weighted by atomic mass is 79.9. The predicted octanol–water partition coefficient (Wildman–Crippen LogP) is 3.35. The maximum atomic E-state index is 12.1. The van der Waals surface area contributed by atoms with Gasteiger partial charge in [-0.3, -0.25) is 4.79 Å². The van der Waals surface area contributed by atoms with E-state index in [9.17, 15) is 4.79 Å². The number of carbonyl (C=O) groups is 1. The molecule has 2 nitrogen and oxygen atoms in total. The average molecular weight is 314 g/mol. The summed E-state index contributed by atoms with van der Waals surface area (Å²) in [6.45, 7) is 2.66. The summed E-state index contributed by atoms with van der Waals surface area (Å²) in [5.41, 5.74) is 1.13. The Morgan fingerprint density at radius 1 is 1.47 bits per heavy atom. The lowest BCUT2D eigenvalue weighted by Crippen LogP contribution is -2.39. The monoisotopic (exact) mass is 313 g/mol. The van der Waals surface area contributed by atoms with Crippen LogP contribution in [0.4, 0.5) is 0 Å². The first-order valence-electron chi connectivity index (χ1n) is 5.77. The number of rotatable bonds is 3. The molecule has 1 unspecified atom stereocenters. The molecule has 0 bridgehead atoms. The van der Waals surface area contributed by atoms with Gasteiger partial charge in [0.1, 0.15) is 0 Å². The Hall–Kier alpha value is -0.480. The number of nitrogens with one attached hydrogen (secondary N) is 1. The molecule has 17 heavy (non-hydrogen) atoms. The maximum Gasteiger partial charge on any atom is 0.236 e. The van der Waals surface area contributed by atoms with E-state index < -0.39 is 0 Å². The van der Waals surface area contributed by atoms with Gasteiger partial charge in [-0.05, 0) is 43.2 Å². The van der Waals surface area contributed by atoms with E-state index in [2.05, 4.69) is 21.2 Å². The molecular formula is C13H16BrNOS. The summed E-state index contributed by atoms with van der Waals surface area (Å²) < 4.78 is 0.848. The molecule has 1 N–H and O–H groups in total. The number of hydrogen-bond donors (Lipinski definition) is 1. The van der Waals surface area contributed by atoms with Crippen molar-refractivity contribution in [2.45, 2.75) is 31.1 Å². The predicted molar refractivity (Wildman–Crippen MR) is 76.1 cm³/mol. The molecule has 1 amide bonds. The van der Waals surface area contributed by atoms with Gasteiger partial charge in [-0.25, -0.2) is 0 Å². The molecule has 0 spiro atoms. The highest BCUT2D eigenvalue weighted by Gasteiger charge is 2.36. The van der Waals surface area contributed by atoms with Crippen molar-refractivity contribution in [1.82, 2.24) is 5.32 Å². The van der Waals surface area contributed by atoms with Crippen molar-refractivity contribution in [1.29, 1.82) is 0 Å². The van der Waals surface area contributed by atoms with Gasteiger partial charge in [0.25, 0.3) is 0 Å². The summed E-state index contributed by atoms with van der Waals surface area (Å²) in [5, 5.41) is 3.03. The van der Waals surface area contributed by atoms with Gasteiger partial charge >= 0.3 is 0 Å². The van der Waals surface area contributed by atoms with Crippen LogP contribution in [0.5, 0.6) is 0 Å². The molecule has 4 heteroatoms. The summed E-state index contributed by atoms with van der Waals surface area (Å²) in [6.07, 6.45) is 2.14. The standard InChI is InChI=1S/C13H16BrNOS/c1-13(7-2-8-17-13)12(16)15-9-10-3-5-11(14)6-4-10/h3-6H,2,7-9H2,1H3,(H,15,16). The van der Waals surface area contributed by atoms with Gasteiger partial charge in [0, 0.05) is 11.0 Å². The SMILES string of the molecule is CC1(C(=O)NCc2ccc(Br)cc2)CCCS1. The lowest BCUT2D eigenvalue weighted by atomic mass is 10.0. The van der Waals surface area contributed by atoms with Crippen LogP contribution in [0.2, 0.25) is 0 Å². The van der Waals surface area contributed by atoms with Gasteiger partial charge in [0.2, 0.25) is 5.91 Å². The van der Waals surface area contributed by atoms with Crippen LogP contribution in [0.15, 0.2) is 28.7 Å². The summed E-state index contributed by atoms with van der Waals surface area (Å²) in [7, 11) is 0. The van der Waals surface area contributed by atoms with Crippen molar-refractivity contribution >= 4 is 33.6 Å². The van der Waals surface area contributed by atoms with Gasteiger partial charge in [-0.2, -0.15) is 0 Å². The highest BCUT2D eigenvalue weighted by molar-refractivity contribution is 9.10. The molecule has 92 valence electrons. The zero-order chi connectivity index (χ0) is 12.3. The van der Waals surface area contributed by atoms with Crippen molar-refractivity contribution in [2.75, 3.05) is 5.75 Å². The summed E-state index contributed by atoms with van der Waals surface area (Å²) in [6, 6.07) is 8.03. The lowest BCUT2D eigenvalue weighted by molar-refractivity contribution is -0.123. The molecule has 0 saturated carbocycles. The molecular weight excluding hydrogens is 298 g/mol. The first-order chi connectivity index (χ1) is 8.10. The van der Waals surface area contributed by atoms with E-state index in [0.29, 0.717) is 6.54 Å². The maximum absolute atomic E-state index is 12.1. The zero-order valence-electron chi connectivity index (χ0n) is 9.83. The minimum atomic E-state index is -0.213. The summed E-state index contributed by atoms with van der Waals surface area (Å²) in [4.78, 5) is 12.1. The van der Waals surface area contributed by atoms with Gasteiger partial charge in [-0.1, -0.05) is 28.1 Å². The van der Waals surface area contributed by atoms with E-state index in [1.807, 2.05) is 31.2 Å². The van der Waals surface area contributed by atoms with Crippen LogP contribution in [-0.4, -0.2) is 16.4 Å². The van der Waals surface area contributed by atoms with Crippen LogP contribution in [0.1, 0.15) is 25.3 Å². The second kappa shape index (κ2) is 5.44. The molecule has 1 fully saturated rings. The van der Waals surface area contributed by atoms with Crippen molar-refractivity contribution in [3.63, 3.8) is 0 Å². The molecule has 2 rings (SSSR count). The molecule has 1 aliphatic rings. The molecule has 1 atom stereocenters. The van der Waals surface area contributed by atoms with Crippen molar-refractivity contribution in [2.24, 2.45) is 0 Å². The third kappa shape index (κ3) is 3.26. The Balaban J connectivity index is 1.89. The fraction of sp³-hybridized carbons (Fsp3) is 0.462. The Morgan fingerprint density at radius 3 is 2.76 bits per heavy atom. The number of benzene rings is 1. The van der Waals surface area contributed by atoms with Gasteiger partial charge in [-0.15, -0.1) is 11.8 Å². The van der Waals surface area contributed by atoms with E-state index in [1.165, 1.54) is 0 Å². The van der Waals surface area contributed by atoms with E-state index in [4.69, 9.17) is 0 Å². The molecule has 0 aliphatic carbocycles. The molecule has 1 aliphatic heterocycles.